The minimum absolute atomic E-state index is 0.798. The molecule has 0 unspecified atom stereocenters. The molecule has 2 nitrogen and oxygen atoms in total. The van der Waals surface area contributed by atoms with E-state index in [4.69, 9.17) is 23.2 Å². The Kier molecular flexibility index (Phi) is 3.76. The van der Waals surface area contributed by atoms with Crippen molar-refractivity contribution >= 4 is 34.6 Å². The summed E-state index contributed by atoms with van der Waals surface area (Å²) < 4.78 is -1.07. The van der Waals surface area contributed by atoms with Crippen molar-refractivity contribution in [2.45, 2.75) is 18.4 Å². The van der Waals surface area contributed by atoms with Gasteiger partial charge < -0.3 is 9.80 Å². The Labute approximate surface area is 135 Å². The summed E-state index contributed by atoms with van der Waals surface area (Å²) in [7, 11) is 0. The molecule has 4 heteroatoms. The summed E-state index contributed by atoms with van der Waals surface area (Å²) in [6.45, 7) is 5.75. The van der Waals surface area contributed by atoms with E-state index in [1.54, 1.807) is 0 Å². The Balaban J connectivity index is 1.99. The van der Waals surface area contributed by atoms with Gasteiger partial charge in [-0.3, -0.25) is 0 Å². The van der Waals surface area contributed by atoms with Gasteiger partial charge in [0.05, 0.1) is 0 Å². The molecule has 0 saturated carbocycles. The largest absolute Gasteiger partial charge is 0.321 e. The molecule has 0 radical (unpaired) electrons. The van der Waals surface area contributed by atoms with Crippen LogP contribution in [0.15, 0.2) is 48.5 Å². The Morgan fingerprint density at radius 1 is 0.762 bits per heavy atom. The molecule has 2 aromatic carbocycles. The van der Waals surface area contributed by atoms with Crippen molar-refractivity contribution in [2.75, 3.05) is 22.9 Å². The highest BCUT2D eigenvalue weighted by Gasteiger charge is 2.45. The zero-order valence-electron chi connectivity index (χ0n) is 12.2. The molecule has 21 heavy (non-hydrogen) atoms. The van der Waals surface area contributed by atoms with Crippen molar-refractivity contribution in [1.82, 2.24) is 0 Å². The highest BCUT2D eigenvalue weighted by Crippen LogP contribution is 2.43. The highest BCUT2D eigenvalue weighted by atomic mass is 35.5. The van der Waals surface area contributed by atoms with Crippen molar-refractivity contribution in [3.63, 3.8) is 0 Å². The van der Waals surface area contributed by atoms with E-state index < -0.39 is 4.58 Å². The van der Waals surface area contributed by atoms with Crippen molar-refractivity contribution in [1.29, 1.82) is 0 Å². The molecule has 0 amide bonds. The van der Waals surface area contributed by atoms with Crippen molar-refractivity contribution < 1.29 is 0 Å². The van der Waals surface area contributed by atoms with Gasteiger partial charge in [0.2, 0.25) is 0 Å². The molecule has 0 spiro atoms. The average molecular weight is 321 g/mol. The summed E-state index contributed by atoms with van der Waals surface area (Å²) in [6, 6.07) is 16.4. The van der Waals surface area contributed by atoms with Crippen LogP contribution in [0.3, 0.4) is 0 Å². The molecule has 0 atom stereocenters. The monoisotopic (exact) mass is 320 g/mol. The molecule has 0 aromatic heterocycles. The highest BCUT2D eigenvalue weighted by molar-refractivity contribution is 6.51. The first-order valence-corrected chi connectivity index (χ1v) is 7.82. The van der Waals surface area contributed by atoms with Gasteiger partial charge in [0.15, 0.2) is 0 Å². The first kappa shape index (κ1) is 14.6. The molecule has 0 aliphatic carbocycles. The van der Waals surface area contributed by atoms with E-state index >= 15 is 0 Å². The number of hydrogen-bond donors (Lipinski definition) is 0. The molecule has 1 heterocycles. The van der Waals surface area contributed by atoms with Gasteiger partial charge in [0.25, 0.3) is 4.58 Å². The Morgan fingerprint density at radius 3 is 1.52 bits per heavy atom. The fraction of sp³-hybridized carbons (Fsp3) is 0.294. The number of alkyl halides is 2. The molecular formula is C17H18Cl2N2. The van der Waals surface area contributed by atoms with Gasteiger partial charge in [-0.05, 0) is 37.1 Å². The van der Waals surface area contributed by atoms with Crippen LogP contribution in [0.5, 0.6) is 0 Å². The maximum Gasteiger partial charge on any atom is 0.271 e. The van der Waals surface area contributed by atoms with Crippen LogP contribution in [-0.2, 0) is 0 Å². The minimum atomic E-state index is -1.07. The minimum Gasteiger partial charge on any atom is -0.321 e. The number of para-hydroxylation sites is 2. The van der Waals surface area contributed by atoms with E-state index in [1.807, 2.05) is 24.3 Å². The van der Waals surface area contributed by atoms with Crippen LogP contribution in [0.2, 0.25) is 0 Å². The molecule has 2 aromatic rings. The van der Waals surface area contributed by atoms with Gasteiger partial charge >= 0.3 is 0 Å². The first-order chi connectivity index (χ1) is 10.0. The second kappa shape index (κ2) is 5.43. The quantitative estimate of drug-likeness (QED) is 0.583. The first-order valence-electron chi connectivity index (χ1n) is 7.06. The zero-order valence-corrected chi connectivity index (χ0v) is 13.7. The van der Waals surface area contributed by atoms with E-state index in [0.29, 0.717) is 0 Å². The summed E-state index contributed by atoms with van der Waals surface area (Å²) in [4.78, 5) is 4.11. The number of halogens is 2. The summed E-state index contributed by atoms with van der Waals surface area (Å²) in [5.74, 6) is 0. The predicted molar refractivity (Wildman–Crippen MR) is 91.5 cm³/mol. The molecule has 0 N–H and O–H groups in total. The number of nitrogens with zero attached hydrogens (tertiary/aromatic N) is 2. The van der Waals surface area contributed by atoms with Gasteiger partial charge in [-0.1, -0.05) is 59.6 Å². The van der Waals surface area contributed by atoms with Gasteiger partial charge in [0, 0.05) is 24.5 Å². The lowest BCUT2D eigenvalue weighted by Gasteiger charge is -2.36. The third-order valence-electron chi connectivity index (χ3n) is 4.01. The Bertz CT molecular complexity index is 599. The number of rotatable bonds is 2. The molecule has 0 bridgehead atoms. The molecule has 3 rings (SSSR count). The lowest BCUT2D eigenvalue weighted by atomic mass is 10.2. The van der Waals surface area contributed by atoms with E-state index in [0.717, 1.165) is 24.5 Å². The van der Waals surface area contributed by atoms with Crippen LogP contribution in [0.1, 0.15) is 11.1 Å². The lowest BCUT2D eigenvalue weighted by Crippen LogP contribution is -2.44. The zero-order chi connectivity index (χ0) is 15.0. The Morgan fingerprint density at radius 2 is 1.14 bits per heavy atom. The number of hydrogen-bond acceptors (Lipinski definition) is 2. The fourth-order valence-corrected chi connectivity index (χ4v) is 3.58. The number of benzene rings is 2. The van der Waals surface area contributed by atoms with E-state index in [2.05, 4.69) is 47.9 Å². The fourth-order valence-electron chi connectivity index (χ4n) is 2.88. The molecule has 1 fully saturated rings. The second-order valence-corrected chi connectivity index (χ2v) is 6.63. The van der Waals surface area contributed by atoms with E-state index in [1.165, 1.54) is 11.1 Å². The van der Waals surface area contributed by atoms with Crippen LogP contribution in [0.4, 0.5) is 11.4 Å². The summed E-state index contributed by atoms with van der Waals surface area (Å²) >= 11 is 13.5. The van der Waals surface area contributed by atoms with Crippen LogP contribution >= 0.6 is 23.2 Å². The smallest absolute Gasteiger partial charge is 0.271 e. The summed E-state index contributed by atoms with van der Waals surface area (Å²) in [5, 5.41) is 0. The number of aryl methyl sites for hydroxylation is 2. The van der Waals surface area contributed by atoms with E-state index in [-0.39, 0.29) is 0 Å². The molecule has 110 valence electrons. The van der Waals surface area contributed by atoms with Gasteiger partial charge in [-0.15, -0.1) is 0 Å². The maximum atomic E-state index is 6.73. The van der Waals surface area contributed by atoms with Crippen LogP contribution in [0.25, 0.3) is 0 Å². The summed E-state index contributed by atoms with van der Waals surface area (Å²) in [6.07, 6.45) is 0. The second-order valence-electron chi connectivity index (χ2n) is 5.39. The van der Waals surface area contributed by atoms with Gasteiger partial charge in [-0.2, -0.15) is 0 Å². The topological polar surface area (TPSA) is 6.48 Å². The summed E-state index contributed by atoms with van der Waals surface area (Å²) in [5.41, 5.74) is 4.52. The van der Waals surface area contributed by atoms with Crippen LogP contribution < -0.4 is 9.80 Å². The predicted octanol–water partition coefficient (Wildman–Crippen LogP) is 4.72. The average Bonchev–Trinajstić information content (AvgIpc) is 2.75. The third kappa shape index (κ3) is 2.47. The lowest BCUT2D eigenvalue weighted by molar-refractivity contribution is 0.798. The normalized spacial score (nSPS) is 17.3. The SMILES string of the molecule is Cc1ccccc1N1CCN(c2ccccc2C)C1(Cl)Cl. The standard InChI is InChI=1S/C17H18Cl2N2/c1-13-7-3-5-9-15(13)20-11-12-21(17(20,18)19)16-10-6-4-8-14(16)2/h3-10H,11-12H2,1-2H3. The van der Waals surface area contributed by atoms with Crippen molar-refractivity contribution in [2.24, 2.45) is 0 Å². The van der Waals surface area contributed by atoms with Crippen LogP contribution in [-0.4, -0.2) is 17.7 Å². The molecule has 1 aliphatic rings. The van der Waals surface area contributed by atoms with Gasteiger partial charge in [0.1, 0.15) is 0 Å². The van der Waals surface area contributed by atoms with Gasteiger partial charge in [-0.25, -0.2) is 0 Å². The third-order valence-corrected chi connectivity index (χ3v) is 4.83. The van der Waals surface area contributed by atoms with Crippen molar-refractivity contribution in [3.8, 4) is 0 Å². The van der Waals surface area contributed by atoms with Crippen molar-refractivity contribution in [3.05, 3.63) is 59.7 Å². The molecular weight excluding hydrogens is 303 g/mol. The maximum absolute atomic E-state index is 6.73. The molecule has 1 saturated heterocycles. The van der Waals surface area contributed by atoms with Crippen LogP contribution in [0, 0.1) is 13.8 Å². The van der Waals surface area contributed by atoms with E-state index in [9.17, 15) is 0 Å². The Hall–Kier alpha value is -1.38. The molecule has 1 aliphatic heterocycles. The number of anilines is 2.